The number of benzene rings is 3. The number of aromatic nitrogens is 2. The molecule has 3 aromatic carbocycles. The summed E-state index contributed by atoms with van der Waals surface area (Å²) in [6.07, 6.45) is 0.117. The van der Waals surface area contributed by atoms with Crippen LogP contribution >= 0.6 is 11.6 Å². The number of halogens is 1. The Morgan fingerprint density at radius 2 is 1.63 bits per heavy atom. The summed E-state index contributed by atoms with van der Waals surface area (Å²) in [5.41, 5.74) is 2.73. The monoisotopic (exact) mass is 604 g/mol. The third-order valence-corrected chi connectivity index (χ3v) is 7.76. The number of carbonyl (C=O) groups is 2. The first-order valence-electron chi connectivity index (χ1n) is 14.0. The van der Waals surface area contributed by atoms with Crippen LogP contribution in [0, 0.1) is 10.8 Å². The Morgan fingerprint density at radius 3 is 2.30 bits per heavy atom. The zero-order valence-corrected chi connectivity index (χ0v) is 28.3. The number of ketones is 1. The minimum Gasteiger partial charge on any atom is -0.550 e. The molecular formula is C35H34ClN2NaO4. The fraction of sp³-hybridized carbons (Fsp3) is 0.286. The van der Waals surface area contributed by atoms with Crippen LogP contribution in [-0.4, -0.2) is 21.3 Å². The predicted molar refractivity (Wildman–Crippen MR) is 165 cm³/mol. The van der Waals surface area contributed by atoms with Crippen LogP contribution in [0.1, 0.15) is 61.9 Å². The minimum absolute atomic E-state index is 0. The van der Waals surface area contributed by atoms with Crippen molar-refractivity contribution in [3.05, 3.63) is 106 Å². The number of para-hydroxylation sites is 1. The van der Waals surface area contributed by atoms with Crippen LogP contribution < -0.4 is 39.4 Å². The van der Waals surface area contributed by atoms with E-state index in [4.69, 9.17) is 21.3 Å². The number of rotatable bonds is 9. The molecule has 2 heterocycles. The molecule has 5 rings (SSSR count). The van der Waals surface area contributed by atoms with Crippen LogP contribution in [0.25, 0.3) is 21.8 Å². The molecule has 6 nitrogen and oxygen atoms in total. The molecule has 0 aliphatic heterocycles. The third-order valence-electron chi connectivity index (χ3n) is 7.51. The summed E-state index contributed by atoms with van der Waals surface area (Å²) in [5.74, 6) is -0.651. The van der Waals surface area contributed by atoms with Crippen molar-refractivity contribution in [1.29, 1.82) is 0 Å². The largest absolute Gasteiger partial charge is 1.00 e. The molecule has 0 saturated carbocycles. The summed E-state index contributed by atoms with van der Waals surface area (Å²) in [6, 6.07) is 25.1. The van der Waals surface area contributed by atoms with Crippen molar-refractivity contribution in [1.82, 2.24) is 9.55 Å². The Balaban J connectivity index is 0.00000423. The molecule has 0 unspecified atom stereocenters. The van der Waals surface area contributed by atoms with Crippen LogP contribution in [0.15, 0.2) is 78.9 Å². The van der Waals surface area contributed by atoms with Crippen molar-refractivity contribution in [2.24, 2.45) is 10.8 Å². The van der Waals surface area contributed by atoms with Crippen molar-refractivity contribution in [3.8, 4) is 5.75 Å². The van der Waals surface area contributed by atoms with Crippen LogP contribution in [-0.2, 0) is 24.4 Å². The second-order valence-electron chi connectivity index (χ2n) is 12.4. The Bertz CT molecular complexity index is 1800. The molecule has 0 bridgehead atoms. The molecule has 8 heteroatoms. The van der Waals surface area contributed by atoms with Gasteiger partial charge in [0.25, 0.3) is 0 Å². The topological polar surface area (TPSA) is 84.2 Å². The van der Waals surface area contributed by atoms with Gasteiger partial charge in [0.2, 0.25) is 0 Å². The molecule has 0 radical (unpaired) electrons. The van der Waals surface area contributed by atoms with Crippen molar-refractivity contribution in [3.63, 3.8) is 0 Å². The van der Waals surface area contributed by atoms with E-state index in [2.05, 4.69) is 0 Å². The van der Waals surface area contributed by atoms with Crippen LogP contribution in [0.2, 0.25) is 5.02 Å². The number of aliphatic carboxylic acids is 1. The van der Waals surface area contributed by atoms with Gasteiger partial charge in [-0.25, -0.2) is 4.98 Å². The van der Waals surface area contributed by atoms with Gasteiger partial charge in [-0.2, -0.15) is 0 Å². The zero-order chi connectivity index (χ0) is 30.2. The van der Waals surface area contributed by atoms with Gasteiger partial charge in [-0.05, 0) is 54.4 Å². The second kappa shape index (κ2) is 12.8. The fourth-order valence-electron chi connectivity index (χ4n) is 5.08. The normalized spacial score (nSPS) is 11.9. The number of hydrogen-bond acceptors (Lipinski definition) is 5. The van der Waals surface area contributed by atoms with Gasteiger partial charge in [-0.3, -0.25) is 4.79 Å². The Hall–Kier alpha value is -3.16. The molecule has 0 fully saturated rings. The van der Waals surface area contributed by atoms with Gasteiger partial charge in [0.05, 0.1) is 11.2 Å². The van der Waals surface area contributed by atoms with E-state index in [9.17, 15) is 14.7 Å². The SMILES string of the molecule is CC(C)(C)C(=O)c1c(CC(C)(C)C(=O)[O-])n(Cc2ccc(Cl)cc2)c2ccc(OCc3ccc4ccccc4n3)cc12.[Na+]. The number of pyridine rings is 1. The Morgan fingerprint density at radius 1 is 0.930 bits per heavy atom. The van der Waals surface area contributed by atoms with Gasteiger partial charge in [0, 0.05) is 55.9 Å². The molecule has 0 amide bonds. The minimum atomic E-state index is -1.21. The van der Waals surface area contributed by atoms with E-state index in [0.29, 0.717) is 28.6 Å². The van der Waals surface area contributed by atoms with Gasteiger partial charge in [-0.15, -0.1) is 0 Å². The maximum absolute atomic E-state index is 14.0. The van der Waals surface area contributed by atoms with Crippen molar-refractivity contribution < 1.29 is 49.0 Å². The molecule has 0 aliphatic carbocycles. The number of hydrogen-bond donors (Lipinski definition) is 0. The summed E-state index contributed by atoms with van der Waals surface area (Å²) < 4.78 is 8.23. The molecule has 0 N–H and O–H groups in total. The molecule has 0 atom stereocenters. The molecule has 0 spiro atoms. The quantitative estimate of drug-likeness (QED) is 0.187. The number of nitrogens with zero attached hydrogens (tertiary/aromatic N) is 2. The molecule has 216 valence electrons. The molecule has 2 aromatic heterocycles. The van der Waals surface area contributed by atoms with E-state index in [1.54, 1.807) is 13.8 Å². The van der Waals surface area contributed by atoms with Crippen molar-refractivity contribution >= 4 is 45.2 Å². The maximum Gasteiger partial charge on any atom is 1.00 e. The van der Waals surface area contributed by atoms with E-state index < -0.39 is 16.8 Å². The molecular weight excluding hydrogens is 571 g/mol. The smallest absolute Gasteiger partial charge is 0.550 e. The van der Waals surface area contributed by atoms with Crippen molar-refractivity contribution in [2.45, 2.75) is 54.2 Å². The standard InChI is InChI=1S/C35H35ClN2O4.Na/c1-34(2,3)32(39)31-27-18-26(42-21-25-15-12-23-8-6-7-9-28(23)37-25)16-17-29(27)38(20-22-10-13-24(36)14-11-22)30(31)19-35(4,5)33(40)41;/h6-18H,19-21H2,1-5H3,(H,40,41);/q;+1/p-1. The first-order valence-corrected chi connectivity index (χ1v) is 14.3. The van der Waals surface area contributed by atoms with Gasteiger partial charge in [-0.1, -0.05) is 82.6 Å². The number of fused-ring (bicyclic) bond motifs is 2. The van der Waals surface area contributed by atoms with E-state index in [0.717, 1.165) is 33.1 Å². The first-order chi connectivity index (χ1) is 19.8. The maximum atomic E-state index is 14.0. The van der Waals surface area contributed by atoms with E-state index in [1.165, 1.54) is 0 Å². The Kier molecular flexibility index (Phi) is 9.77. The summed E-state index contributed by atoms with van der Waals surface area (Å²) >= 11 is 6.14. The summed E-state index contributed by atoms with van der Waals surface area (Å²) in [4.78, 5) is 30.9. The summed E-state index contributed by atoms with van der Waals surface area (Å²) in [5, 5.41) is 14.5. The fourth-order valence-corrected chi connectivity index (χ4v) is 5.20. The molecule has 43 heavy (non-hydrogen) atoms. The number of carboxylic acid groups (broad SMARTS) is 1. The zero-order valence-electron chi connectivity index (χ0n) is 25.5. The van der Waals surface area contributed by atoms with Crippen molar-refractivity contribution in [2.75, 3.05) is 0 Å². The van der Waals surface area contributed by atoms with Crippen LogP contribution in [0.3, 0.4) is 0 Å². The molecule has 5 aromatic rings. The Labute approximate surface area is 279 Å². The van der Waals surface area contributed by atoms with E-state index in [1.807, 2.05) is 104 Å². The molecule has 0 aliphatic rings. The van der Waals surface area contributed by atoms with Crippen LogP contribution in [0.5, 0.6) is 5.75 Å². The number of ether oxygens (including phenoxy) is 1. The average Bonchev–Trinajstić information content (AvgIpc) is 3.23. The summed E-state index contributed by atoms with van der Waals surface area (Å²) in [6.45, 7) is 9.57. The van der Waals surface area contributed by atoms with E-state index in [-0.39, 0.29) is 48.4 Å². The third kappa shape index (κ3) is 7.15. The second-order valence-corrected chi connectivity index (χ2v) is 12.9. The number of carbonyl (C=O) groups excluding carboxylic acids is 2. The summed E-state index contributed by atoms with van der Waals surface area (Å²) in [7, 11) is 0. The van der Waals surface area contributed by atoms with Gasteiger partial charge in [0.1, 0.15) is 12.4 Å². The van der Waals surface area contributed by atoms with Gasteiger partial charge < -0.3 is 19.2 Å². The number of Topliss-reactive ketones (excluding diaryl/α,β-unsaturated/α-hetero) is 1. The van der Waals surface area contributed by atoms with E-state index >= 15 is 0 Å². The van der Waals surface area contributed by atoms with Crippen LogP contribution in [0.4, 0.5) is 0 Å². The molecule has 0 saturated heterocycles. The average molecular weight is 605 g/mol. The van der Waals surface area contributed by atoms with Gasteiger partial charge >= 0.3 is 29.6 Å². The first kappa shape index (κ1) is 32.7. The van der Waals surface area contributed by atoms with Gasteiger partial charge in [0.15, 0.2) is 5.78 Å². The number of carboxylic acids is 1. The predicted octanol–water partition coefficient (Wildman–Crippen LogP) is 4.02.